The number of anilines is 1. The molecule has 0 radical (unpaired) electrons. The number of carbonyl (C=O) groups is 1. The van der Waals surface area contributed by atoms with Crippen molar-refractivity contribution in [2.45, 2.75) is 43.8 Å². The Bertz CT molecular complexity index is 823. The molecule has 1 N–H and O–H groups in total. The predicted octanol–water partition coefficient (Wildman–Crippen LogP) is 3.97. The fourth-order valence-electron chi connectivity index (χ4n) is 2.76. The van der Waals surface area contributed by atoms with Crippen molar-refractivity contribution in [3.8, 4) is 11.5 Å². The smallest absolute Gasteiger partial charge is 0.234 e. The van der Waals surface area contributed by atoms with E-state index in [-0.39, 0.29) is 11.7 Å². The highest BCUT2D eigenvalue weighted by atomic mass is 35.5. The number of hydrogen-bond donors (Lipinski definition) is 1. The molecule has 1 aromatic heterocycles. The first-order valence-corrected chi connectivity index (χ1v) is 10.2. The van der Waals surface area contributed by atoms with Gasteiger partial charge in [-0.25, -0.2) is 0 Å². The molecule has 0 atom stereocenters. The van der Waals surface area contributed by atoms with Crippen molar-refractivity contribution in [3.05, 3.63) is 23.0 Å². The SMILES string of the molecule is CCCn1c(SCC(=O)Nc2cc(OC)c(Cl)cc2OC)nnc1C1CC1. The summed E-state index contributed by atoms with van der Waals surface area (Å²) < 4.78 is 12.6. The summed E-state index contributed by atoms with van der Waals surface area (Å²) in [6, 6.07) is 3.26. The summed E-state index contributed by atoms with van der Waals surface area (Å²) in [5.74, 6) is 2.57. The van der Waals surface area contributed by atoms with Crippen molar-refractivity contribution in [2.24, 2.45) is 0 Å². The normalized spacial score (nSPS) is 13.5. The van der Waals surface area contributed by atoms with Crippen molar-refractivity contribution < 1.29 is 14.3 Å². The summed E-state index contributed by atoms with van der Waals surface area (Å²) in [7, 11) is 3.04. The molecule has 1 amide bonds. The molecule has 7 nitrogen and oxygen atoms in total. The molecule has 1 aliphatic carbocycles. The quantitative estimate of drug-likeness (QED) is 0.630. The number of ether oxygens (including phenoxy) is 2. The zero-order valence-corrected chi connectivity index (χ0v) is 17.2. The van der Waals surface area contributed by atoms with Crippen molar-refractivity contribution in [2.75, 3.05) is 25.3 Å². The van der Waals surface area contributed by atoms with Crippen molar-refractivity contribution in [1.82, 2.24) is 14.8 Å². The first-order chi connectivity index (χ1) is 13.1. The molecule has 1 fully saturated rings. The second kappa shape index (κ2) is 8.84. The van der Waals surface area contributed by atoms with E-state index >= 15 is 0 Å². The topological polar surface area (TPSA) is 78.3 Å². The van der Waals surface area contributed by atoms with Gasteiger partial charge in [0.25, 0.3) is 0 Å². The van der Waals surface area contributed by atoms with Gasteiger partial charge < -0.3 is 19.4 Å². The standard InChI is InChI=1S/C18H23ClN4O3S/c1-4-7-23-17(11-5-6-11)21-22-18(23)27-10-16(24)20-13-9-14(25-2)12(19)8-15(13)26-3/h8-9,11H,4-7,10H2,1-3H3,(H,20,24). The monoisotopic (exact) mass is 410 g/mol. The molecule has 2 aromatic rings. The minimum Gasteiger partial charge on any atom is -0.495 e. The van der Waals surface area contributed by atoms with Crippen LogP contribution in [0.3, 0.4) is 0 Å². The number of aromatic nitrogens is 3. The van der Waals surface area contributed by atoms with Crippen molar-refractivity contribution in [1.29, 1.82) is 0 Å². The molecule has 3 rings (SSSR count). The molecule has 1 aromatic carbocycles. The highest BCUT2D eigenvalue weighted by Gasteiger charge is 2.30. The summed E-state index contributed by atoms with van der Waals surface area (Å²) in [6.07, 6.45) is 3.34. The maximum absolute atomic E-state index is 12.4. The number of nitrogens with one attached hydrogen (secondary N) is 1. The Labute approximate surface area is 167 Å². The minimum atomic E-state index is -0.165. The first kappa shape index (κ1) is 19.8. The molecule has 1 aliphatic rings. The third kappa shape index (κ3) is 4.68. The zero-order chi connectivity index (χ0) is 19.4. The molecule has 27 heavy (non-hydrogen) atoms. The third-order valence-corrected chi connectivity index (χ3v) is 5.48. The van der Waals surface area contributed by atoms with Gasteiger partial charge in [-0.1, -0.05) is 30.3 Å². The zero-order valence-electron chi connectivity index (χ0n) is 15.6. The van der Waals surface area contributed by atoms with E-state index in [1.165, 1.54) is 38.8 Å². The Kier molecular flexibility index (Phi) is 6.49. The molecule has 0 bridgehead atoms. The number of methoxy groups -OCH3 is 2. The molecular weight excluding hydrogens is 388 g/mol. The van der Waals surface area contributed by atoms with E-state index in [9.17, 15) is 4.79 Å². The summed E-state index contributed by atoms with van der Waals surface area (Å²) in [5, 5.41) is 12.7. The molecule has 1 heterocycles. The Balaban J connectivity index is 1.67. The Hall–Kier alpha value is -1.93. The van der Waals surface area contributed by atoms with Crippen molar-refractivity contribution in [3.63, 3.8) is 0 Å². The lowest BCUT2D eigenvalue weighted by Crippen LogP contribution is -2.15. The number of carbonyl (C=O) groups excluding carboxylic acids is 1. The molecule has 0 spiro atoms. The average molecular weight is 411 g/mol. The fourth-order valence-corrected chi connectivity index (χ4v) is 3.76. The van der Waals surface area contributed by atoms with Crippen LogP contribution in [0, 0.1) is 0 Å². The van der Waals surface area contributed by atoms with Crippen LogP contribution in [0.4, 0.5) is 5.69 Å². The van der Waals surface area contributed by atoms with E-state index in [1.807, 2.05) is 0 Å². The maximum atomic E-state index is 12.4. The van der Waals surface area contributed by atoms with Crippen LogP contribution in [0.15, 0.2) is 17.3 Å². The van der Waals surface area contributed by atoms with Gasteiger partial charge in [0.05, 0.1) is 30.7 Å². The molecular formula is C18H23ClN4O3S. The van der Waals surface area contributed by atoms with Gasteiger partial charge in [0.15, 0.2) is 5.16 Å². The summed E-state index contributed by atoms with van der Waals surface area (Å²) in [4.78, 5) is 12.4. The number of benzene rings is 1. The van der Waals surface area contributed by atoms with Gasteiger partial charge in [-0.05, 0) is 19.3 Å². The molecule has 0 unspecified atom stereocenters. The van der Waals surface area contributed by atoms with E-state index in [0.29, 0.717) is 28.1 Å². The van der Waals surface area contributed by atoms with Crippen LogP contribution in [0.1, 0.15) is 37.9 Å². The fraction of sp³-hybridized carbons (Fsp3) is 0.500. The maximum Gasteiger partial charge on any atom is 0.234 e. The van der Waals surface area contributed by atoms with Gasteiger partial charge in [0, 0.05) is 24.6 Å². The summed E-state index contributed by atoms with van der Waals surface area (Å²) >= 11 is 7.48. The molecule has 0 aliphatic heterocycles. The highest BCUT2D eigenvalue weighted by molar-refractivity contribution is 7.99. The second-order valence-corrected chi connectivity index (χ2v) is 7.64. The van der Waals surface area contributed by atoms with E-state index < -0.39 is 0 Å². The molecule has 1 saturated carbocycles. The van der Waals surface area contributed by atoms with Gasteiger partial charge in [0.2, 0.25) is 5.91 Å². The van der Waals surface area contributed by atoms with E-state index in [0.717, 1.165) is 23.9 Å². The molecule has 0 saturated heterocycles. The Morgan fingerprint density at radius 2 is 2.04 bits per heavy atom. The summed E-state index contributed by atoms with van der Waals surface area (Å²) in [6.45, 7) is 2.99. The number of thioether (sulfide) groups is 1. The van der Waals surface area contributed by atoms with Crippen molar-refractivity contribution >= 4 is 35.0 Å². The van der Waals surface area contributed by atoms with Crippen LogP contribution in [-0.4, -0.2) is 40.6 Å². The third-order valence-electron chi connectivity index (χ3n) is 4.22. The van der Waals surface area contributed by atoms with Gasteiger partial charge in [-0.15, -0.1) is 10.2 Å². The number of hydrogen-bond acceptors (Lipinski definition) is 6. The van der Waals surface area contributed by atoms with Gasteiger partial charge >= 0.3 is 0 Å². The number of halogens is 1. The lowest BCUT2D eigenvalue weighted by molar-refractivity contribution is -0.113. The largest absolute Gasteiger partial charge is 0.495 e. The average Bonchev–Trinajstić information content (AvgIpc) is 3.43. The van der Waals surface area contributed by atoms with Crippen LogP contribution < -0.4 is 14.8 Å². The molecule has 146 valence electrons. The van der Waals surface area contributed by atoms with E-state index in [4.69, 9.17) is 21.1 Å². The van der Waals surface area contributed by atoms with E-state index in [2.05, 4.69) is 27.0 Å². The van der Waals surface area contributed by atoms with E-state index in [1.54, 1.807) is 12.1 Å². The minimum absolute atomic E-state index is 0.165. The summed E-state index contributed by atoms with van der Waals surface area (Å²) in [5.41, 5.74) is 0.512. The van der Waals surface area contributed by atoms with Crippen LogP contribution in [0.2, 0.25) is 5.02 Å². The predicted molar refractivity (Wildman–Crippen MR) is 106 cm³/mol. The first-order valence-electron chi connectivity index (χ1n) is 8.84. The van der Waals surface area contributed by atoms with Crippen LogP contribution >= 0.6 is 23.4 Å². The van der Waals surface area contributed by atoms with Gasteiger partial charge in [0.1, 0.15) is 17.3 Å². The lowest BCUT2D eigenvalue weighted by atomic mass is 10.2. The van der Waals surface area contributed by atoms with Crippen LogP contribution in [-0.2, 0) is 11.3 Å². The highest BCUT2D eigenvalue weighted by Crippen LogP contribution is 2.40. The Morgan fingerprint density at radius 1 is 1.30 bits per heavy atom. The lowest BCUT2D eigenvalue weighted by Gasteiger charge is -2.13. The van der Waals surface area contributed by atoms with Crippen LogP contribution in [0.5, 0.6) is 11.5 Å². The van der Waals surface area contributed by atoms with Crippen LogP contribution in [0.25, 0.3) is 0 Å². The van der Waals surface area contributed by atoms with Gasteiger partial charge in [-0.3, -0.25) is 4.79 Å². The number of rotatable bonds is 9. The molecule has 9 heteroatoms. The number of nitrogens with zero attached hydrogens (tertiary/aromatic N) is 3. The number of amides is 1. The Morgan fingerprint density at radius 3 is 2.67 bits per heavy atom. The van der Waals surface area contributed by atoms with Gasteiger partial charge in [-0.2, -0.15) is 0 Å². The second-order valence-electron chi connectivity index (χ2n) is 6.29.